The van der Waals surface area contributed by atoms with E-state index in [4.69, 9.17) is 23.7 Å². The molecule has 1 aliphatic heterocycles. The van der Waals surface area contributed by atoms with E-state index in [2.05, 4.69) is 11.9 Å². The van der Waals surface area contributed by atoms with E-state index < -0.39 is 30.8 Å². The standard InChI is InChI=1S/C13H23NO6/c1-7(2)11(15)14-12-9(17-4)8(16-3)10(18-5)13(19-6)20-12/h8-10,12-13H,1H2,2-6H3,(H,14,15). The highest BCUT2D eigenvalue weighted by atomic mass is 16.7. The number of nitrogens with one attached hydrogen (secondary N) is 1. The predicted molar refractivity (Wildman–Crippen MR) is 71.0 cm³/mol. The van der Waals surface area contributed by atoms with Crippen LogP contribution in [-0.2, 0) is 28.5 Å². The molecule has 0 radical (unpaired) electrons. The zero-order chi connectivity index (χ0) is 15.3. The van der Waals surface area contributed by atoms with E-state index in [9.17, 15) is 4.79 Å². The van der Waals surface area contributed by atoms with Gasteiger partial charge in [-0.2, -0.15) is 0 Å². The Hall–Kier alpha value is -0.990. The number of carbonyl (C=O) groups is 1. The van der Waals surface area contributed by atoms with Gasteiger partial charge in [0.15, 0.2) is 12.5 Å². The van der Waals surface area contributed by atoms with Crippen molar-refractivity contribution in [3.05, 3.63) is 12.2 Å². The van der Waals surface area contributed by atoms with Crippen LogP contribution in [-0.4, -0.2) is 65.2 Å². The van der Waals surface area contributed by atoms with Gasteiger partial charge in [0, 0.05) is 34.0 Å². The lowest BCUT2D eigenvalue weighted by Gasteiger charge is -2.44. The molecule has 0 aromatic rings. The lowest BCUT2D eigenvalue weighted by Crippen LogP contribution is -2.64. The molecular weight excluding hydrogens is 266 g/mol. The van der Waals surface area contributed by atoms with Crippen LogP contribution in [0.3, 0.4) is 0 Å². The van der Waals surface area contributed by atoms with Crippen LogP contribution in [0.1, 0.15) is 6.92 Å². The van der Waals surface area contributed by atoms with Crippen molar-refractivity contribution in [3.8, 4) is 0 Å². The topological polar surface area (TPSA) is 75.3 Å². The molecule has 0 spiro atoms. The molecule has 0 aromatic carbocycles. The Morgan fingerprint density at radius 3 is 1.95 bits per heavy atom. The summed E-state index contributed by atoms with van der Waals surface area (Å²) in [5.74, 6) is -0.322. The Bertz CT molecular complexity index is 348. The number of methoxy groups -OCH3 is 4. The van der Waals surface area contributed by atoms with Crippen LogP contribution in [0, 0.1) is 0 Å². The van der Waals surface area contributed by atoms with Gasteiger partial charge in [0.05, 0.1) is 0 Å². The minimum Gasteiger partial charge on any atom is -0.376 e. The second-order valence-electron chi connectivity index (χ2n) is 4.52. The smallest absolute Gasteiger partial charge is 0.248 e. The average Bonchev–Trinajstić information content (AvgIpc) is 2.45. The first-order valence-corrected chi connectivity index (χ1v) is 6.23. The fourth-order valence-corrected chi connectivity index (χ4v) is 2.14. The van der Waals surface area contributed by atoms with Crippen molar-refractivity contribution in [2.24, 2.45) is 0 Å². The number of hydrogen-bond acceptors (Lipinski definition) is 6. The normalized spacial score (nSPS) is 33.8. The van der Waals surface area contributed by atoms with E-state index in [1.807, 2.05) is 0 Å². The summed E-state index contributed by atoms with van der Waals surface area (Å²) in [6, 6.07) is 0. The summed E-state index contributed by atoms with van der Waals surface area (Å²) in [7, 11) is 6.08. The molecule has 7 nitrogen and oxygen atoms in total. The van der Waals surface area contributed by atoms with Crippen molar-refractivity contribution in [2.75, 3.05) is 28.4 Å². The first-order valence-electron chi connectivity index (χ1n) is 6.23. The maximum Gasteiger partial charge on any atom is 0.248 e. The third-order valence-corrected chi connectivity index (χ3v) is 3.20. The highest BCUT2D eigenvalue weighted by molar-refractivity contribution is 5.92. The molecule has 0 saturated carbocycles. The van der Waals surface area contributed by atoms with E-state index in [1.54, 1.807) is 14.0 Å². The van der Waals surface area contributed by atoms with E-state index in [-0.39, 0.29) is 5.91 Å². The van der Waals surface area contributed by atoms with Gasteiger partial charge in [0.1, 0.15) is 18.3 Å². The second kappa shape index (κ2) is 7.70. The molecule has 0 bridgehead atoms. The molecule has 1 heterocycles. The first kappa shape index (κ1) is 17.1. The van der Waals surface area contributed by atoms with Gasteiger partial charge in [-0.15, -0.1) is 0 Å². The SMILES string of the molecule is C=C(C)C(=O)NC1OC(OC)C(OC)C(OC)C1OC. The Morgan fingerprint density at radius 1 is 1.00 bits per heavy atom. The van der Waals surface area contributed by atoms with Crippen molar-refractivity contribution >= 4 is 5.91 Å². The predicted octanol–water partition coefficient (Wildman–Crippen LogP) is 0.0525. The monoisotopic (exact) mass is 289 g/mol. The number of rotatable bonds is 6. The molecule has 20 heavy (non-hydrogen) atoms. The van der Waals surface area contributed by atoms with Crippen molar-refractivity contribution in [1.29, 1.82) is 0 Å². The van der Waals surface area contributed by atoms with Crippen molar-refractivity contribution < 1.29 is 28.5 Å². The second-order valence-corrected chi connectivity index (χ2v) is 4.52. The van der Waals surface area contributed by atoms with Gasteiger partial charge in [-0.3, -0.25) is 4.79 Å². The number of hydrogen-bond donors (Lipinski definition) is 1. The molecule has 1 N–H and O–H groups in total. The van der Waals surface area contributed by atoms with Crippen LogP contribution in [0.2, 0.25) is 0 Å². The summed E-state index contributed by atoms with van der Waals surface area (Å²) in [5, 5.41) is 2.69. The highest BCUT2D eigenvalue weighted by Crippen LogP contribution is 2.26. The van der Waals surface area contributed by atoms with Gasteiger partial charge < -0.3 is 29.0 Å². The van der Waals surface area contributed by atoms with E-state index in [0.29, 0.717) is 5.57 Å². The largest absolute Gasteiger partial charge is 0.376 e. The summed E-state index contributed by atoms with van der Waals surface area (Å²) in [6.45, 7) is 5.20. The van der Waals surface area contributed by atoms with Gasteiger partial charge >= 0.3 is 0 Å². The minimum absolute atomic E-state index is 0.322. The Labute approximate surface area is 119 Å². The lowest BCUT2D eigenvalue weighted by atomic mass is 10.0. The van der Waals surface area contributed by atoms with Crippen LogP contribution in [0.4, 0.5) is 0 Å². The summed E-state index contributed by atoms with van der Waals surface area (Å²) in [6.07, 6.45) is -2.83. The van der Waals surface area contributed by atoms with Crippen LogP contribution < -0.4 is 5.32 Å². The molecule has 0 aromatic heterocycles. The summed E-state index contributed by atoms with van der Waals surface area (Å²) >= 11 is 0. The molecular formula is C13H23NO6. The fraction of sp³-hybridized carbons (Fsp3) is 0.769. The quantitative estimate of drug-likeness (QED) is 0.697. The van der Waals surface area contributed by atoms with Gasteiger partial charge in [-0.25, -0.2) is 0 Å². The average molecular weight is 289 g/mol. The molecule has 5 unspecified atom stereocenters. The zero-order valence-electron chi connectivity index (χ0n) is 12.5. The number of ether oxygens (including phenoxy) is 5. The van der Waals surface area contributed by atoms with Crippen LogP contribution in [0.5, 0.6) is 0 Å². The van der Waals surface area contributed by atoms with E-state index in [0.717, 1.165) is 0 Å². The Morgan fingerprint density at radius 2 is 1.55 bits per heavy atom. The highest BCUT2D eigenvalue weighted by Gasteiger charge is 2.47. The molecule has 1 aliphatic rings. The van der Waals surface area contributed by atoms with Crippen LogP contribution >= 0.6 is 0 Å². The van der Waals surface area contributed by atoms with Crippen LogP contribution in [0.25, 0.3) is 0 Å². The first-order chi connectivity index (χ1) is 9.49. The third-order valence-electron chi connectivity index (χ3n) is 3.20. The number of amides is 1. The van der Waals surface area contributed by atoms with Gasteiger partial charge in [0.2, 0.25) is 5.91 Å². The summed E-state index contributed by atoms with van der Waals surface area (Å²) < 4.78 is 27.1. The summed E-state index contributed by atoms with van der Waals surface area (Å²) in [4.78, 5) is 11.8. The molecule has 0 aliphatic carbocycles. The van der Waals surface area contributed by atoms with E-state index in [1.165, 1.54) is 21.3 Å². The maximum atomic E-state index is 11.8. The van der Waals surface area contributed by atoms with Gasteiger partial charge in [-0.1, -0.05) is 6.58 Å². The van der Waals surface area contributed by atoms with Gasteiger partial charge in [0.25, 0.3) is 0 Å². The molecule has 7 heteroatoms. The lowest BCUT2D eigenvalue weighted by molar-refractivity contribution is -0.306. The molecule has 116 valence electrons. The minimum atomic E-state index is -0.717. The summed E-state index contributed by atoms with van der Waals surface area (Å²) in [5.41, 5.74) is 0.375. The van der Waals surface area contributed by atoms with E-state index >= 15 is 0 Å². The molecule has 1 fully saturated rings. The maximum absolute atomic E-state index is 11.8. The molecule has 1 amide bonds. The van der Waals surface area contributed by atoms with Crippen molar-refractivity contribution in [2.45, 2.75) is 37.8 Å². The van der Waals surface area contributed by atoms with Crippen molar-refractivity contribution in [3.63, 3.8) is 0 Å². The Kier molecular flexibility index (Phi) is 6.57. The van der Waals surface area contributed by atoms with Crippen LogP contribution in [0.15, 0.2) is 12.2 Å². The molecule has 5 atom stereocenters. The fourth-order valence-electron chi connectivity index (χ4n) is 2.14. The van der Waals surface area contributed by atoms with Gasteiger partial charge in [-0.05, 0) is 6.92 Å². The molecule has 1 saturated heterocycles. The van der Waals surface area contributed by atoms with Crippen molar-refractivity contribution in [1.82, 2.24) is 5.32 Å². The third kappa shape index (κ3) is 3.56. The molecule has 1 rings (SSSR count). The Balaban J connectivity index is 2.93. The zero-order valence-corrected chi connectivity index (χ0v) is 12.5. The number of carbonyl (C=O) groups excluding carboxylic acids is 1.